The van der Waals surface area contributed by atoms with Gasteiger partial charge in [-0.05, 0) is 43.1 Å². The van der Waals surface area contributed by atoms with Crippen LogP contribution in [-0.2, 0) is 0 Å². The first-order valence-electron chi connectivity index (χ1n) is 6.61. The summed E-state index contributed by atoms with van der Waals surface area (Å²) in [5.41, 5.74) is 0.540. The van der Waals surface area contributed by atoms with Gasteiger partial charge in [-0.1, -0.05) is 48.6 Å². The Labute approximate surface area is 112 Å². The van der Waals surface area contributed by atoms with Gasteiger partial charge in [-0.3, -0.25) is 0 Å². The molecule has 0 aromatic carbocycles. The molecule has 0 fully saturated rings. The van der Waals surface area contributed by atoms with Crippen LogP contribution in [0, 0.1) is 11.8 Å². The predicted molar refractivity (Wildman–Crippen MR) is 80.2 cm³/mol. The quantitative estimate of drug-likeness (QED) is 0.398. The van der Waals surface area contributed by atoms with Crippen molar-refractivity contribution in [3.63, 3.8) is 0 Å². The van der Waals surface area contributed by atoms with Crippen molar-refractivity contribution in [1.82, 2.24) is 0 Å². The molecule has 2 heteroatoms. The van der Waals surface area contributed by atoms with Crippen molar-refractivity contribution in [3.05, 3.63) is 48.6 Å². The number of allylic oxidation sites excluding steroid dienone is 8. The van der Waals surface area contributed by atoms with Crippen molar-refractivity contribution >= 4 is 19.9 Å². The van der Waals surface area contributed by atoms with Crippen LogP contribution < -0.4 is 0 Å². The minimum Gasteiger partial charge on any atom is -0.175 e. The van der Waals surface area contributed by atoms with Crippen molar-refractivity contribution < 1.29 is 0 Å². The Morgan fingerprint density at radius 3 is 1.65 bits per heavy atom. The van der Waals surface area contributed by atoms with E-state index in [4.69, 9.17) is 11.1 Å². The first-order valence-corrected chi connectivity index (χ1v) is 9.56. The first-order chi connectivity index (χ1) is 8.38. The van der Waals surface area contributed by atoms with E-state index >= 15 is 0 Å². The van der Waals surface area contributed by atoms with Crippen LogP contribution >= 0.6 is 11.1 Å². The number of hydrogen-bond acceptors (Lipinski definition) is 0. The van der Waals surface area contributed by atoms with Gasteiger partial charge in [-0.25, -0.2) is 0 Å². The third-order valence-electron chi connectivity index (χ3n) is 3.53. The van der Waals surface area contributed by atoms with Crippen LogP contribution in [0.5, 0.6) is 0 Å². The van der Waals surface area contributed by atoms with Crippen molar-refractivity contribution in [3.8, 4) is 0 Å². The highest BCUT2D eigenvalue weighted by Gasteiger charge is 2.09. The summed E-state index contributed by atoms with van der Waals surface area (Å²) >= 11 is 6.14. The monoisotopic (exact) mass is 264 g/mol. The molecule has 0 atom stereocenters. The molecule has 0 unspecified atom stereocenters. The molecule has 0 amide bonds. The summed E-state index contributed by atoms with van der Waals surface area (Å²) < 4.78 is 0. The highest BCUT2D eigenvalue weighted by molar-refractivity contribution is 6.95. The van der Waals surface area contributed by atoms with E-state index in [0.29, 0.717) is 5.54 Å². The van der Waals surface area contributed by atoms with Crippen molar-refractivity contribution in [1.29, 1.82) is 0 Å². The Hall–Kier alpha value is -0.533. The summed E-state index contributed by atoms with van der Waals surface area (Å²) in [6, 6.07) is 0. The molecule has 17 heavy (non-hydrogen) atoms. The van der Waals surface area contributed by atoms with Crippen molar-refractivity contribution in [2.24, 2.45) is 11.8 Å². The molecule has 0 N–H and O–H groups in total. The molecule has 0 nitrogen and oxygen atoms in total. The smallest absolute Gasteiger partial charge is 0.135 e. The summed E-state index contributed by atoms with van der Waals surface area (Å²) in [6.45, 7) is 0. The molecule has 92 valence electrons. The van der Waals surface area contributed by atoms with E-state index in [1.807, 2.05) is 0 Å². The van der Waals surface area contributed by atoms with Gasteiger partial charge in [0, 0.05) is 0 Å². The molecule has 0 bridgehead atoms. The van der Waals surface area contributed by atoms with E-state index in [1.165, 1.54) is 25.7 Å². The zero-order valence-corrected chi connectivity index (χ0v) is 12.4. The van der Waals surface area contributed by atoms with Crippen LogP contribution in [0.25, 0.3) is 0 Å². The van der Waals surface area contributed by atoms with Crippen molar-refractivity contribution in [2.45, 2.75) is 31.2 Å². The molecule has 0 aromatic heterocycles. The Balaban J connectivity index is 1.79. The molecule has 0 aliphatic heterocycles. The lowest BCUT2D eigenvalue weighted by Gasteiger charge is -2.07. The van der Waals surface area contributed by atoms with E-state index in [2.05, 4.69) is 48.6 Å². The zero-order valence-electron chi connectivity index (χ0n) is 10.3. The molecule has 0 saturated carbocycles. The van der Waals surface area contributed by atoms with Crippen LogP contribution in [0.1, 0.15) is 25.7 Å². The average Bonchev–Trinajstić information content (AvgIpc) is 3.02. The van der Waals surface area contributed by atoms with Crippen molar-refractivity contribution in [2.75, 3.05) is 0 Å². The maximum atomic E-state index is 6.14. The summed E-state index contributed by atoms with van der Waals surface area (Å²) in [7, 11) is -0.490. The maximum absolute atomic E-state index is 6.14. The number of hydrogen-bond donors (Lipinski definition) is 0. The van der Waals surface area contributed by atoms with Gasteiger partial charge < -0.3 is 0 Å². The molecule has 0 aromatic rings. The van der Waals surface area contributed by atoms with Gasteiger partial charge in [0.25, 0.3) is 0 Å². The Morgan fingerprint density at radius 1 is 0.882 bits per heavy atom. The third kappa shape index (κ3) is 4.32. The standard InChI is InChI=1S/C15H21ClSi/c16-17-15(11-9-13-5-1-2-6-13)12-10-14-7-3-4-8-14/h1-4,9-15H,5-8,17H2. The second kappa shape index (κ2) is 7.02. The minimum atomic E-state index is -0.490. The summed E-state index contributed by atoms with van der Waals surface area (Å²) in [5.74, 6) is 1.47. The topological polar surface area (TPSA) is 0 Å². The van der Waals surface area contributed by atoms with Gasteiger partial charge >= 0.3 is 0 Å². The molecule has 0 radical (unpaired) electrons. The lowest BCUT2D eigenvalue weighted by molar-refractivity contribution is 0.710. The number of halogens is 1. The fourth-order valence-electron chi connectivity index (χ4n) is 2.36. The van der Waals surface area contributed by atoms with Gasteiger partial charge in [0.1, 0.15) is 8.83 Å². The van der Waals surface area contributed by atoms with Crippen LogP contribution in [0.2, 0.25) is 5.54 Å². The largest absolute Gasteiger partial charge is 0.175 e. The van der Waals surface area contributed by atoms with E-state index in [-0.39, 0.29) is 0 Å². The molecule has 2 aliphatic carbocycles. The lowest BCUT2D eigenvalue weighted by Crippen LogP contribution is -1.95. The van der Waals surface area contributed by atoms with E-state index in [1.54, 1.807) is 0 Å². The Morgan fingerprint density at radius 2 is 1.29 bits per heavy atom. The average molecular weight is 265 g/mol. The van der Waals surface area contributed by atoms with Gasteiger partial charge in [0.15, 0.2) is 0 Å². The Kier molecular flexibility index (Phi) is 5.34. The zero-order chi connectivity index (χ0) is 11.9. The van der Waals surface area contributed by atoms with E-state index in [9.17, 15) is 0 Å². The summed E-state index contributed by atoms with van der Waals surface area (Å²) in [4.78, 5) is 0. The van der Waals surface area contributed by atoms with E-state index in [0.717, 1.165) is 11.8 Å². The molecular formula is C15H21ClSi. The molecule has 0 saturated heterocycles. The minimum absolute atomic E-state index is 0.490. The molecular weight excluding hydrogens is 244 g/mol. The summed E-state index contributed by atoms with van der Waals surface area (Å²) in [5, 5.41) is 0. The SMILES string of the molecule is Cl[SiH2]C(C=CC1CC=CC1)C=CC1CC=CC1. The van der Waals surface area contributed by atoms with Gasteiger partial charge in [0.05, 0.1) is 0 Å². The van der Waals surface area contributed by atoms with Crippen LogP contribution in [0.3, 0.4) is 0 Å². The second-order valence-electron chi connectivity index (χ2n) is 4.99. The molecule has 0 heterocycles. The normalized spacial score (nSPS) is 24.3. The van der Waals surface area contributed by atoms with Crippen LogP contribution in [0.15, 0.2) is 48.6 Å². The van der Waals surface area contributed by atoms with Gasteiger partial charge in [-0.2, -0.15) is 11.1 Å². The number of rotatable bonds is 5. The Bertz CT molecular complexity index is 293. The molecule has 2 rings (SSSR count). The van der Waals surface area contributed by atoms with E-state index < -0.39 is 8.83 Å². The first kappa shape index (κ1) is 12.9. The molecule has 0 spiro atoms. The fraction of sp³-hybridized carbons (Fsp3) is 0.467. The predicted octanol–water partition coefficient (Wildman–Crippen LogP) is 4.14. The highest BCUT2D eigenvalue weighted by atomic mass is 35.6. The second-order valence-corrected chi connectivity index (χ2v) is 7.17. The highest BCUT2D eigenvalue weighted by Crippen LogP contribution is 2.23. The maximum Gasteiger partial charge on any atom is 0.135 e. The summed E-state index contributed by atoms with van der Waals surface area (Å²) in [6.07, 6.45) is 23.4. The fourth-order valence-corrected chi connectivity index (χ4v) is 3.49. The molecule has 2 aliphatic rings. The van der Waals surface area contributed by atoms with Crippen LogP contribution in [0.4, 0.5) is 0 Å². The van der Waals surface area contributed by atoms with Gasteiger partial charge in [-0.15, -0.1) is 0 Å². The van der Waals surface area contributed by atoms with Crippen LogP contribution in [-0.4, -0.2) is 8.83 Å². The lowest BCUT2D eigenvalue weighted by atomic mass is 10.0. The third-order valence-corrected chi connectivity index (χ3v) is 5.50. The van der Waals surface area contributed by atoms with Gasteiger partial charge in [0.2, 0.25) is 0 Å².